The van der Waals surface area contributed by atoms with Crippen LogP contribution < -0.4 is 16.6 Å². The number of thiazole rings is 1. The molecule has 7 heteroatoms. The number of hydrogen-bond donors (Lipinski definition) is 3. The van der Waals surface area contributed by atoms with Gasteiger partial charge in [0, 0.05) is 23.1 Å². The van der Waals surface area contributed by atoms with Crippen molar-refractivity contribution < 1.29 is 0 Å². The van der Waals surface area contributed by atoms with E-state index in [2.05, 4.69) is 46.5 Å². The minimum atomic E-state index is -0.134. The van der Waals surface area contributed by atoms with Gasteiger partial charge in [-0.15, -0.1) is 11.3 Å². The van der Waals surface area contributed by atoms with E-state index in [9.17, 15) is 0 Å². The summed E-state index contributed by atoms with van der Waals surface area (Å²) in [6.07, 6.45) is 1.79. The zero-order chi connectivity index (χ0) is 13.9. The van der Waals surface area contributed by atoms with Gasteiger partial charge in [0.2, 0.25) is 0 Å². The Balaban J connectivity index is 2.19. The van der Waals surface area contributed by atoms with Gasteiger partial charge in [-0.05, 0) is 0 Å². The zero-order valence-corrected chi connectivity index (χ0v) is 12.1. The summed E-state index contributed by atoms with van der Waals surface area (Å²) >= 11 is 1.60. The third-order valence-corrected chi connectivity index (χ3v) is 3.23. The van der Waals surface area contributed by atoms with E-state index in [4.69, 9.17) is 5.84 Å². The van der Waals surface area contributed by atoms with Crippen LogP contribution in [0.1, 0.15) is 31.6 Å². The first kappa shape index (κ1) is 13.7. The summed E-state index contributed by atoms with van der Waals surface area (Å²) in [5, 5.41) is 6.20. The van der Waals surface area contributed by atoms with Gasteiger partial charge in [-0.1, -0.05) is 20.8 Å². The molecule has 0 fully saturated rings. The molecule has 0 saturated heterocycles. The molecule has 0 aromatic carbocycles. The van der Waals surface area contributed by atoms with Crippen LogP contribution >= 0.6 is 11.3 Å². The highest BCUT2D eigenvalue weighted by Gasteiger charge is 2.19. The van der Waals surface area contributed by atoms with Crippen LogP contribution in [0.15, 0.2) is 17.6 Å². The lowest BCUT2D eigenvalue weighted by Crippen LogP contribution is -2.20. The number of hydrazine groups is 1. The molecule has 2 rings (SSSR count). The molecule has 0 aliphatic carbocycles. The van der Waals surface area contributed by atoms with Crippen LogP contribution in [0.5, 0.6) is 0 Å². The molecule has 102 valence electrons. The molecule has 0 saturated carbocycles. The van der Waals surface area contributed by atoms with E-state index in [1.165, 1.54) is 0 Å². The second-order valence-corrected chi connectivity index (χ2v) is 6.11. The quantitative estimate of drug-likeness (QED) is 0.586. The molecular weight excluding hydrogens is 260 g/mol. The van der Waals surface area contributed by atoms with Gasteiger partial charge < -0.3 is 10.7 Å². The summed E-state index contributed by atoms with van der Waals surface area (Å²) in [4.78, 5) is 13.1. The fourth-order valence-corrected chi connectivity index (χ4v) is 2.01. The molecule has 0 amide bonds. The van der Waals surface area contributed by atoms with Crippen molar-refractivity contribution in [3.05, 3.63) is 28.5 Å². The van der Waals surface area contributed by atoms with Gasteiger partial charge in [0.1, 0.15) is 22.5 Å². The molecule has 2 aromatic rings. The maximum absolute atomic E-state index is 5.44. The lowest BCUT2D eigenvalue weighted by Gasteiger charge is -2.18. The van der Waals surface area contributed by atoms with Gasteiger partial charge in [-0.25, -0.2) is 20.8 Å². The molecule has 0 bridgehead atoms. The first-order chi connectivity index (χ1) is 8.99. The number of hydrogen-bond acceptors (Lipinski definition) is 7. The van der Waals surface area contributed by atoms with Crippen LogP contribution in [0, 0.1) is 0 Å². The number of nitrogen functional groups attached to an aromatic ring is 1. The smallest absolute Gasteiger partial charge is 0.145 e. The van der Waals surface area contributed by atoms with Crippen LogP contribution in [0.4, 0.5) is 11.6 Å². The molecule has 2 heterocycles. The normalized spacial score (nSPS) is 11.4. The fourth-order valence-electron chi connectivity index (χ4n) is 1.45. The molecule has 2 aromatic heterocycles. The van der Waals surface area contributed by atoms with Crippen LogP contribution in [-0.4, -0.2) is 15.0 Å². The number of aromatic nitrogens is 3. The summed E-state index contributed by atoms with van der Waals surface area (Å²) in [6.45, 7) is 6.83. The Labute approximate surface area is 116 Å². The van der Waals surface area contributed by atoms with Gasteiger partial charge >= 0.3 is 0 Å². The lowest BCUT2D eigenvalue weighted by atomic mass is 9.96. The van der Waals surface area contributed by atoms with Gasteiger partial charge in [0.15, 0.2) is 0 Å². The highest BCUT2D eigenvalue weighted by Crippen LogP contribution is 2.22. The summed E-state index contributed by atoms with van der Waals surface area (Å²) in [7, 11) is 0. The molecule has 0 atom stereocenters. The zero-order valence-electron chi connectivity index (χ0n) is 11.3. The first-order valence-electron chi connectivity index (χ1n) is 5.97. The summed E-state index contributed by atoms with van der Waals surface area (Å²) in [6, 6.07) is 1.78. The summed E-state index contributed by atoms with van der Waals surface area (Å²) < 4.78 is 0. The second-order valence-electron chi connectivity index (χ2n) is 5.14. The second kappa shape index (κ2) is 5.50. The number of nitrogens with two attached hydrogens (primary N) is 1. The van der Waals surface area contributed by atoms with E-state index in [1.807, 2.05) is 5.38 Å². The van der Waals surface area contributed by atoms with Crippen molar-refractivity contribution >= 4 is 23.0 Å². The molecule has 4 N–H and O–H groups in total. The minimum absolute atomic E-state index is 0.134. The molecule has 6 nitrogen and oxygen atoms in total. The molecule has 0 aliphatic heterocycles. The third-order valence-electron chi connectivity index (χ3n) is 2.45. The Bertz CT molecular complexity index is 532. The van der Waals surface area contributed by atoms with E-state index in [1.54, 1.807) is 23.6 Å². The van der Waals surface area contributed by atoms with Gasteiger partial charge in [-0.2, -0.15) is 0 Å². The van der Waals surface area contributed by atoms with E-state index in [-0.39, 0.29) is 5.41 Å². The Morgan fingerprint density at radius 2 is 2.00 bits per heavy atom. The highest BCUT2D eigenvalue weighted by atomic mass is 32.1. The SMILES string of the molecule is CC(C)(C)c1nc(NN)cc(NCc2nccs2)n1. The van der Waals surface area contributed by atoms with Gasteiger partial charge in [0.25, 0.3) is 0 Å². The standard InChI is InChI=1S/C12H18N6S/c1-12(2,3)11-16-8(6-9(17-11)18-13)15-7-10-14-4-5-19-10/h4-6H,7,13H2,1-3H3,(H2,15,16,17,18). The fraction of sp³-hybridized carbons (Fsp3) is 0.417. The molecule has 0 unspecified atom stereocenters. The van der Waals surface area contributed by atoms with Gasteiger partial charge in [-0.3, -0.25) is 0 Å². The number of anilines is 2. The number of nitrogens with one attached hydrogen (secondary N) is 2. The van der Waals surface area contributed by atoms with Crippen molar-refractivity contribution in [1.82, 2.24) is 15.0 Å². The monoisotopic (exact) mass is 278 g/mol. The largest absolute Gasteiger partial charge is 0.363 e. The Morgan fingerprint density at radius 3 is 2.58 bits per heavy atom. The predicted octanol–water partition coefficient (Wildman–Crippen LogP) is 2.13. The summed E-state index contributed by atoms with van der Waals surface area (Å²) in [5.41, 5.74) is 2.43. The lowest BCUT2D eigenvalue weighted by molar-refractivity contribution is 0.546. The van der Waals surface area contributed by atoms with E-state index in [0.717, 1.165) is 16.6 Å². The van der Waals surface area contributed by atoms with Crippen LogP contribution in [0.2, 0.25) is 0 Å². The van der Waals surface area contributed by atoms with Crippen molar-refractivity contribution in [1.29, 1.82) is 0 Å². The Hall–Kier alpha value is -1.73. The van der Waals surface area contributed by atoms with Crippen molar-refractivity contribution in [2.75, 3.05) is 10.7 Å². The maximum atomic E-state index is 5.44. The van der Waals surface area contributed by atoms with Crippen molar-refractivity contribution in [2.45, 2.75) is 32.7 Å². The van der Waals surface area contributed by atoms with Crippen LogP contribution in [-0.2, 0) is 12.0 Å². The first-order valence-corrected chi connectivity index (χ1v) is 6.85. The van der Waals surface area contributed by atoms with Gasteiger partial charge in [0.05, 0.1) is 6.54 Å². The molecule has 0 spiro atoms. The highest BCUT2D eigenvalue weighted by molar-refractivity contribution is 7.09. The Morgan fingerprint density at radius 1 is 1.26 bits per heavy atom. The predicted molar refractivity (Wildman–Crippen MR) is 78.0 cm³/mol. The minimum Gasteiger partial charge on any atom is -0.363 e. The average molecular weight is 278 g/mol. The van der Waals surface area contributed by atoms with Crippen molar-refractivity contribution in [3.8, 4) is 0 Å². The van der Waals surface area contributed by atoms with Crippen molar-refractivity contribution in [2.24, 2.45) is 5.84 Å². The number of nitrogens with zero attached hydrogens (tertiary/aromatic N) is 3. The molecule has 0 aliphatic rings. The molecular formula is C12H18N6S. The van der Waals surface area contributed by atoms with Crippen molar-refractivity contribution in [3.63, 3.8) is 0 Å². The number of rotatable bonds is 4. The average Bonchev–Trinajstić information content (AvgIpc) is 2.88. The maximum Gasteiger partial charge on any atom is 0.145 e. The van der Waals surface area contributed by atoms with E-state index >= 15 is 0 Å². The Kier molecular flexibility index (Phi) is 3.96. The third kappa shape index (κ3) is 3.62. The molecule has 0 radical (unpaired) electrons. The van der Waals surface area contributed by atoms with E-state index < -0.39 is 0 Å². The summed E-state index contributed by atoms with van der Waals surface area (Å²) in [5.74, 6) is 7.52. The van der Waals surface area contributed by atoms with E-state index in [0.29, 0.717) is 12.4 Å². The van der Waals surface area contributed by atoms with Crippen LogP contribution in [0.3, 0.4) is 0 Å². The van der Waals surface area contributed by atoms with Crippen LogP contribution in [0.25, 0.3) is 0 Å². The topological polar surface area (TPSA) is 88.8 Å². The molecule has 19 heavy (non-hydrogen) atoms.